The lowest BCUT2D eigenvalue weighted by atomic mass is 10.1. The molecule has 27 heavy (non-hydrogen) atoms. The van der Waals surface area contributed by atoms with Crippen molar-refractivity contribution in [3.63, 3.8) is 0 Å². The molecule has 1 amide bonds. The highest BCUT2D eigenvalue weighted by Crippen LogP contribution is 2.29. The number of nitrogens with one attached hydrogen (secondary N) is 1. The second-order valence-electron chi connectivity index (χ2n) is 5.28. The van der Waals surface area contributed by atoms with E-state index in [2.05, 4.69) is 20.5 Å². The molecular formula is C17H11F2N5O3. The van der Waals surface area contributed by atoms with Gasteiger partial charge in [-0.15, -0.1) is 10.2 Å². The zero-order chi connectivity index (χ0) is 19.6. The number of halogens is 2. The summed E-state index contributed by atoms with van der Waals surface area (Å²) in [7, 11) is 0. The van der Waals surface area contributed by atoms with Crippen LogP contribution in [0.15, 0.2) is 42.6 Å². The molecule has 2 aromatic heterocycles. The van der Waals surface area contributed by atoms with Gasteiger partial charge in [0.2, 0.25) is 0 Å². The first-order chi connectivity index (χ1) is 12.9. The van der Waals surface area contributed by atoms with Gasteiger partial charge in [0.25, 0.3) is 5.91 Å². The standard InChI is InChI=1S/C17H11F2N5O3/c18-8-3-1-4-9(19)13(8)11-7-12(14(16(20)25)24-23-11)22-10-5-2-6-21-15(10)17(26)27/h1-7H,(H2,20,25)(H,22,23)(H,26,27). The van der Waals surface area contributed by atoms with Gasteiger partial charge in [-0.1, -0.05) is 6.07 Å². The molecule has 136 valence electrons. The molecule has 0 aliphatic rings. The minimum atomic E-state index is -1.32. The molecule has 4 N–H and O–H groups in total. The zero-order valence-electron chi connectivity index (χ0n) is 13.5. The molecule has 3 aromatic rings. The maximum Gasteiger partial charge on any atom is 0.356 e. The summed E-state index contributed by atoms with van der Waals surface area (Å²) in [4.78, 5) is 26.6. The topological polar surface area (TPSA) is 131 Å². The van der Waals surface area contributed by atoms with Crippen LogP contribution >= 0.6 is 0 Å². The third-order valence-corrected chi connectivity index (χ3v) is 3.53. The van der Waals surface area contributed by atoms with Crippen LogP contribution in [0.5, 0.6) is 0 Å². The molecule has 0 fully saturated rings. The number of rotatable bonds is 5. The van der Waals surface area contributed by atoms with Gasteiger partial charge in [0.05, 0.1) is 16.9 Å². The number of primary amides is 1. The molecule has 3 rings (SSSR count). The van der Waals surface area contributed by atoms with Gasteiger partial charge in [-0.2, -0.15) is 0 Å². The number of nitrogens with two attached hydrogens (primary N) is 1. The summed E-state index contributed by atoms with van der Waals surface area (Å²) in [6.07, 6.45) is 1.27. The number of aromatic nitrogens is 3. The predicted molar refractivity (Wildman–Crippen MR) is 90.4 cm³/mol. The molecule has 0 radical (unpaired) electrons. The number of benzene rings is 1. The molecule has 2 heterocycles. The fraction of sp³-hybridized carbons (Fsp3) is 0. The Hall–Kier alpha value is -3.95. The minimum Gasteiger partial charge on any atom is -0.476 e. The van der Waals surface area contributed by atoms with Gasteiger partial charge in [-0.3, -0.25) is 4.79 Å². The summed E-state index contributed by atoms with van der Waals surface area (Å²) < 4.78 is 28.0. The van der Waals surface area contributed by atoms with E-state index in [0.717, 1.165) is 18.2 Å². The molecule has 8 nitrogen and oxygen atoms in total. The van der Waals surface area contributed by atoms with E-state index in [1.54, 1.807) is 0 Å². The number of anilines is 2. The fourth-order valence-corrected chi connectivity index (χ4v) is 2.36. The van der Waals surface area contributed by atoms with Gasteiger partial charge < -0.3 is 16.2 Å². The van der Waals surface area contributed by atoms with Crippen molar-refractivity contribution in [2.75, 3.05) is 5.32 Å². The first kappa shape index (κ1) is 17.9. The van der Waals surface area contributed by atoms with E-state index < -0.39 is 29.1 Å². The van der Waals surface area contributed by atoms with Crippen LogP contribution in [0.3, 0.4) is 0 Å². The summed E-state index contributed by atoms with van der Waals surface area (Å²) in [6.45, 7) is 0. The van der Waals surface area contributed by atoms with Gasteiger partial charge in [0.15, 0.2) is 11.4 Å². The van der Waals surface area contributed by atoms with E-state index in [1.165, 1.54) is 24.4 Å². The van der Waals surface area contributed by atoms with Gasteiger partial charge in [0, 0.05) is 6.20 Å². The van der Waals surface area contributed by atoms with Gasteiger partial charge in [0.1, 0.15) is 17.3 Å². The number of carboxylic acid groups (broad SMARTS) is 1. The Balaban J connectivity index is 2.14. The quantitative estimate of drug-likeness (QED) is 0.627. The Labute approximate surface area is 150 Å². The van der Waals surface area contributed by atoms with Crippen molar-refractivity contribution in [3.8, 4) is 11.3 Å². The molecule has 1 aromatic carbocycles. The van der Waals surface area contributed by atoms with E-state index in [1.807, 2.05) is 0 Å². The molecule has 0 atom stereocenters. The second kappa shape index (κ2) is 7.12. The van der Waals surface area contributed by atoms with Crippen molar-refractivity contribution in [2.24, 2.45) is 5.73 Å². The van der Waals surface area contributed by atoms with E-state index >= 15 is 0 Å². The van der Waals surface area contributed by atoms with Crippen molar-refractivity contribution < 1.29 is 23.5 Å². The molecule has 0 bridgehead atoms. The number of hydrogen-bond donors (Lipinski definition) is 3. The number of carbonyl (C=O) groups is 2. The lowest BCUT2D eigenvalue weighted by molar-refractivity contribution is 0.0691. The first-order valence-electron chi connectivity index (χ1n) is 7.45. The van der Waals surface area contributed by atoms with E-state index in [4.69, 9.17) is 5.73 Å². The van der Waals surface area contributed by atoms with E-state index in [9.17, 15) is 23.5 Å². The van der Waals surface area contributed by atoms with Gasteiger partial charge in [-0.25, -0.2) is 18.6 Å². The molecule has 0 saturated heterocycles. The lowest BCUT2D eigenvalue weighted by Gasteiger charge is -2.12. The average molecular weight is 371 g/mol. The van der Waals surface area contributed by atoms with Crippen LogP contribution in [-0.2, 0) is 0 Å². The van der Waals surface area contributed by atoms with Crippen LogP contribution in [0.25, 0.3) is 11.3 Å². The monoisotopic (exact) mass is 371 g/mol. The van der Waals surface area contributed by atoms with Crippen molar-refractivity contribution in [3.05, 3.63) is 65.6 Å². The SMILES string of the molecule is NC(=O)c1nnc(-c2c(F)cccc2F)cc1Nc1cccnc1C(=O)O. The van der Waals surface area contributed by atoms with Crippen LogP contribution < -0.4 is 11.1 Å². The third-order valence-electron chi connectivity index (χ3n) is 3.53. The van der Waals surface area contributed by atoms with E-state index in [-0.39, 0.29) is 28.5 Å². The fourth-order valence-electron chi connectivity index (χ4n) is 2.36. The minimum absolute atomic E-state index is 0.0282. The van der Waals surface area contributed by atoms with Gasteiger partial charge in [-0.05, 0) is 30.3 Å². The summed E-state index contributed by atoms with van der Waals surface area (Å²) in [5, 5.41) is 19.1. The van der Waals surface area contributed by atoms with Crippen molar-refractivity contribution in [1.82, 2.24) is 15.2 Å². The number of carbonyl (C=O) groups excluding carboxylic acids is 1. The maximum atomic E-state index is 14.0. The maximum absolute atomic E-state index is 14.0. The first-order valence-corrected chi connectivity index (χ1v) is 7.45. The molecular weight excluding hydrogens is 360 g/mol. The summed E-state index contributed by atoms with van der Waals surface area (Å²) in [5.74, 6) is -4.04. The zero-order valence-corrected chi connectivity index (χ0v) is 13.5. The Morgan fingerprint density at radius 2 is 1.70 bits per heavy atom. The van der Waals surface area contributed by atoms with Crippen LogP contribution in [-0.4, -0.2) is 32.2 Å². The van der Waals surface area contributed by atoms with Crippen LogP contribution in [0.4, 0.5) is 20.2 Å². The largest absolute Gasteiger partial charge is 0.476 e. The highest BCUT2D eigenvalue weighted by molar-refractivity contribution is 5.99. The molecule has 0 unspecified atom stereocenters. The van der Waals surface area contributed by atoms with Crippen molar-refractivity contribution in [1.29, 1.82) is 0 Å². The lowest BCUT2D eigenvalue weighted by Crippen LogP contribution is -2.17. The molecule has 0 spiro atoms. The number of carboxylic acids is 1. The Morgan fingerprint density at radius 1 is 1.00 bits per heavy atom. The number of aromatic carboxylic acids is 1. The molecule has 10 heteroatoms. The predicted octanol–water partition coefficient (Wildman–Crippen LogP) is 2.36. The van der Waals surface area contributed by atoms with Crippen LogP contribution in [0, 0.1) is 11.6 Å². The highest BCUT2D eigenvalue weighted by atomic mass is 19.1. The Kier molecular flexibility index (Phi) is 4.71. The summed E-state index contributed by atoms with van der Waals surface area (Å²) >= 11 is 0. The highest BCUT2D eigenvalue weighted by Gasteiger charge is 2.20. The van der Waals surface area contributed by atoms with Crippen LogP contribution in [0.2, 0.25) is 0 Å². The number of pyridine rings is 1. The average Bonchev–Trinajstić information content (AvgIpc) is 2.62. The summed E-state index contributed by atoms with van der Waals surface area (Å²) in [5.41, 5.74) is 3.88. The second-order valence-corrected chi connectivity index (χ2v) is 5.28. The van der Waals surface area contributed by atoms with Gasteiger partial charge >= 0.3 is 5.97 Å². The Bertz CT molecular complexity index is 1040. The molecule has 0 aliphatic heterocycles. The number of amides is 1. The number of nitrogens with zero attached hydrogens (tertiary/aromatic N) is 3. The third kappa shape index (κ3) is 3.54. The smallest absolute Gasteiger partial charge is 0.356 e. The molecule has 0 saturated carbocycles. The van der Waals surface area contributed by atoms with Crippen molar-refractivity contribution >= 4 is 23.3 Å². The van der Waals surface area contributed by atoms with E-state index in [0.29, 0.717) is 0 Å². The summed E-state index contributed by atoms with van der Waals surface area (Å²) in [6, 6.07) is 7.27. The normalized spacial score (nSPS) is 10.4. The van der Waals surface area contributed by atoms with Crippen molar-refractivity contribution in [2.45, 2.75) is 0 Å². The van der Waals surface area contributed by atoms with Crippen LogP contribution in [0.1, 0.15) is 21.0 Å². The number of hydrogen-bond acceptors (Lipinski definition) is 6. The Morgan fingerprint density at radius 3 is 2.33 bits per heavy atom. The molecule has 0 aliphatic carbocycles.